The highest BCUT2D eigenvalue weighted by Crippen LogP contribution is 2.29. The topological polar surface area (TPSA) is 57.6 Å². The molecule has 2 amide bonds. The molecule has 0 spiro atoms. The quantitative estimate of drug-likeness (QED) is 0.409. The predicted octanol–water partition coefficient (Wildman–Crippen LogP) is 0.666. The molecule has 0 aromatic carbocycles. The van der Waals surface area contributed by atoms with Crippen molar-refractivity contribution in [2.75, 3.05) is 0 Å². The molecule has 0 bridgehead atoms. The van der Waals surface area contributed by atoms with E-state index >= 15 is 0 Å². The largest absolute Gasteiger partial charge is 0.370 e. The standard InChI is InChI=1S/C10H15NO3/c1-10(14,11(7-12)8-13)9-5-3-2-4-6-9/h3,5,7-9,14H,2,4,6H2,1H3. The fourth-order valence-electron chi connectivity index (χ4n) is 1.70. The van der Waals surface area contributed by atoms with Crippen LogP contribution >= 0.6 is 0 Å². The third-order valence-electron chi connectivity index (χ3n) is 2.71. The zero-order chi connectivity index (χ0) is 10.6. The van der Waals surface area contributed by atoms with E-state index in [1.165, 1.54) is 6.92 Å². The average Bonchev–Trinajstić information content (AvgIpc) is 2.20. The van der Waals surface area contributed by atoms with E-state index in [0.717, 1.165) is 24.2 Å². The van der Waals surface area contributed by atoms with Gasteiger partial charge in [0, 0.05) is 5.92 Å². The van der Waals surface area contributed by atoms with Gasteiger partial charge in [-0.15, -0.1) is 0 Å². The first kappa shape index (κ1) is 10.9. The van der Waals surface area contributed by atoms with Crippen molar-refractivity contribution in [3.63, 3.8) is 0 Å². The number of rotatable bonds is 4. The number of carbonyl (C=O) groups is 2. The van der Waals surface area contributed by atoms with Gasteiger partial charge in [-0.05, 0) is 26.2 Å². The van der Waals surface area contributed by atoms with Crippen molar-refractivity contribution in [3.8, 4) is 0 Å². The molecule has 1 aliphatic rings. The summed E-state index contributed by atoms with van der Waals surface area (Å²) in [5.74, 6) is -0.161. The lowest BCUT2D eigenvalue weighted by Crippen LogP contribution is -2.50. The molecule has 0 radical (unpaired) electrons. The minimum Gasteiger partial charge on any atom is -0.370 e. The second-order valence-electron chi connectivity index (χ2n) is 3.68. The molecule has 0 aromatic heterocycles. The van der Waals surface area contributed by atoms with Crippen LogP contribution < -0.4 is 0 Å². The average molecular weight is 197 g/mol. The van der Waals surface area contributed by atoms with Crippen molar-refractivity contribution < 1.29 is 14.7 Å². The highest BCUT2D eigenvalue weighted by molar-refractivity contribution is 5.69. The van der Waals surface area contributed by atoms with Crippen molar-refractivity contribution in [2.45, 2.75) is 31.9 Å². The third-order valence-corrected chi connectivity index (χ3v) is 2.71. The molecule has 2 atom stereocenters. The van der Waals surface area contributed by atoms with Crippen LogP contribution in [0.5, 0.6) is 0 Å². The van der Waals surface area contributed by atoms with E-state index in [0.29, 0.717) is 12.8 Å². The van der Waals surface area contributed by atoms with E-state index in [9.17, 15) is 14.7 Å². The van der Waals surface area contributed by atoms with E-state index in [1.54, 1.807) is 0 Å². The smallest absolute Gasteiger partial charge is 0.218 e. The molecule has 4 heteroatoms. The molecular formula is C10H15NO3. The number of nitrogens with zero attached hydrogens (tertiary/aromatic N) is 1. The number of allylic oxidation sites excluding steroid dienone is 1. The number of hydrogen-bond acceptors (Lipinski definition) is 3. The highest BCUT2D eigenvalue weighted by atomic mass is 16.3. The molecule has 1 rings (SSSR count). The van der Waals surface area contributed by atoms with Gasteiger partial charge < -0.3 is 5.11 Å². The van der Waals surface area contributed by atoms with Crippen molar-refractivity contribution >= 4 is 12.8 Å². The van der Waals surface area contributed by atoms with Crippen LogP contribution in [0.2, 0.25) is 0 Å². The third kappa shape index (κ3) is 2.01. The van der Waals surface area contributed by atoms with Gasteiger partial charge in [0.25, 0.3) is 0 Å². The Morgan fingerprint density at radius 3 is 2.57 bits per heavy atom. The Morgan fingerprint density at radius 1 is 1.50 bits per heavy atom. The molecule has 0 fully saturated rings. The Morgan fingerprint density at radius 2 is 2.14 bits per heavy atom. The van der Waals surface area contributed by atoms with Gasteiger partial charge in [0.15, 0.2) is 0 Å². The fourth-order valence-corrected chi connectivity index (χ4v) is 1.70. The second kappa shape index (κ2) is 4.37. The van der Waals surface area contributed by atoms with Crippen molar-refractivity contribution in [1.29, 1.82) is 0 Å². The molecule has 0 aliphatic heterocycles. The maximum atomic E-state index is 10.5. The minimum atomic E-state index is -1.40. The van der Waals surface area contributed by atoms with Crippen LogP contribution in [0.1, 0.15) is 26.2 Å². The normalized spacial score (nSPS) is 25.1. The summed E-state index contributed by atoms with van der Waals surface area (Å²) in [4.78, 5) is 21.8. The summed E-state index contributed by atoms with van der Waals surface area (Å²) >= 11 is 0. The molecule has 14 heavy (non-hydrogen) atoms. The van der Waals surface area contributed by atoms with Crippen LogP contribution in [0.4, 0.5) is 0 Å². The molecule has 0 saturated heterocycles. The molecule has 1 N–H and O–H groups in total. The minimum absolute atomic E-state index is 0.161. The van der Waals surface area contributed by atoms with Crippen LogP contribution in [0.15, 0.2) is 12.2 Å². The molecule has 0 saturated carbocycles. The lowest BCUT2D eigenvalue weighted by atomic mass is 9.87. The van der Waals surface area contributed by atoms with Gasteiger partial charge in [-0.25, -0.2) is 0 Å². The maximum absolute atomic E-state index is 10.5. The number of carbonyl (C=O) groups excluding carboxylic acids is 2. The molecule has 2 unspecified atom stereocenters. The predicted molar refractivity (Wildman–Crippen MR) is 51.1 cm³/mol. The van der Waals surface area contributed by atoms with Crippen molar-refractivity contribution in [3.05, 3.63) is 12.2 Å². The molecule has 0 heterocycles. The first-order valence-electron chi connectivity index (χ1n) is 4.71. The summed E-state index contributed by atoms with van der Waals surface area (Å²) in [7, 11) is 0. The Hall–Kier alpha value is -1.16. The van der Waals surface area contributed by atoms with Gasteiger partial charge in [-0.3, -0.25) is 14.5 Å². The van der Waals surface area contributed by atoms with E-state index in [-0.39, 0.29) is 5.92 Å². The van der Waals surface area contributed by atoms with Crippen LogP contribution in [-0.4, -0.2) is 28.6 Å². The number of aliphatic hydroxyl groups is 1. The Balaban J connectivity index is 2.80. The van der Waals surface area contributed by atoms with Crippen molar-refractivity contribution in [1.82, 2.24) is 4.90 Å². The van der Waals surface area contributed by atoms with Gasteiger partial charge in [-0.1, -0.05) is 12.2 Å². The van der Waals surface area contributed by atoms with Gasteiger partial charge in [0.05, 0.1) is 0 Å². The Labute approximate surface area is 83.2 Å². The van der Waals surface area contributed by atoms with E-state index in [2.05, 4.69) is 0 Å². The zero-order valence-corrected chi connectivity index (χ0v) is 8.22. The monoisotopic (exact) mass is 197 g/mol. The first-order valence-corrected chi connectivity index (χ1v) is 4.71. The summed E-state index contributed by atoms with van der Waals surface area (Å²) < 4.78 is 0. The lowest BCUT2D eigenvalue weighted by molar-refractivity contribution is -0.160. The fraction of sp³-hybridized carbons (Fsp3) is 0.600. The molecule has 1 aliphatic carbocycles. The van der Waals surface area contributed by atoms with Gasteiger partial charge >= 0.3 is 0 Å². The SMILES string of the molecule is CC(O)(C1C=CCCC1)N(C=O)C=O. The summed E-state index contributed by atoms with van der Waals surface area (Å²) in [6, 6.07) is 0. The summed E-state index contributed by atoms with van der Waals surface area (Å²) in [5.41, 5.74) is -1.40. The Kier molecular flexibility index (Phi) is 3.41. The highest BCUT2D eigenvalue weighted by Gasteiger charge is 2.36. The van der Waals surface area contributed by atoms with E-state index < -0.39 is 5.72 Å². The van der Waals surface area contributed by atoms with Crippen LogP contribution in [0.3, 0.4) is 0 Å². The van der Waals surface area contributed by atoms with E-state index in [4.69, 9.17) is 0 Å². The maximum Gasteiger partial charge on any atom is 0.218 e. The zero-order valence-electron chi connectivity index (χ0n) is 8.22. The van der Waals surface area contributed by atoms with Crippen LogP contribution in [-0.2, 0) is 9.59 Å². The number of imide groups is 1. The van der Waals surface area contributed by atoms with Crippen molar-refractivity contribution in [2.24, 2.45) is 5.92 Å². The molecule has 0 aromatic rings. The lowest BCUT2D eigenvalue weighted by Gasteiger charge is -2.36. The molecule has 78 valence electrons. The summed E-state index contributed by atoms with van der Waals surface area (Å²) in [5, 5.41) is 10.0. The number of hydrogen-bond donors (Lipinski definition) is 1. The Bertz CT molecular complexity index is 240. The van der Waals surface area contributed by atoms with Crippen LogP contribution in [0, 0.1) is 5.92 Å². The van der Waals surface area contributed by atoms with E-state index in [1.807, 2.05) is 12.2 Å². The van der Waals surface area contributed by atoms with Crippen LogP contribution in [0.25, 0.3) is 0 Å². The second-order valence-corrected chi connectivity index (χ2v) is 3.68. The molecular weight excluding hydrogens is 182 g/mol. The van der Waals surface area contributed by atoms with Gasteiger partial charge in [-0.2, -0.15) is 0 Å². The summed E-state index contributed by atoms with van der Waals surface area (Å²) in [6.45, 7) is 1.48. The van der Waals surface area contributed by atoms with Gasteiger partial charge in [0.1, 0.15) is 5.72 Å². The summed E-state index contributed by atoms with van der Waals surface area (Å²) in [6.07, 6.45) is 7.31. The molecule has 4 nitrogen and oxygen atoms in total. The van der Waals surface area contributed by atoms with Gasteiger partial charge in [0.2, 0.25) is 12.8 Å². The first-order chi connectivity index (χ1) is 6.62. The number of amides is 2.